The summed E-state index contributed by atoms with van der Waals surface area (Å²) < 4.78 is 0. The molecule has 0 amide bonds. The number of rotatable bonds is 4. The smallest absolute Gasteiger partial charge is 0.0107 e. The first-order valence-corrected chi connectivity index (χ1v) is 8.84. The minimum absolute atomic E-state index is 0.776. The first-order valence-electron chi connectivity index (χ1n) is 8.84. The van der Waals surface area contributed by atoms with Crippen molar-refractivity contribution in [1.82, 2.24) is 10.2 Å². The van der Waals surface area contributed by atoms with Crippen molar-refractivity contribution >= 4 is 0 Å². The third-order valence-corrected chi connectivity index (χ3v) is 5.31. The van der Waals surface area contributed by atoms with Gasteiger partial charge in [-0.3, -0.25) is 0 Å². The topological polar surface area (TPSA) is 15.3 Å². The molecule has 0 saturated heterocycles. The maximum atomic E-state index is 3.80. The van der Waals surface area contributed by atoms with E-state index < -0.39 is 0 Å². The van der Waals surface area contributed by atoms with Crippen LogP contribution in [0.15, 0.2) is 24.3 Å². The van der Waals surface area contributed by atoms with E-state index in [1.807, 2.05) is 0 Å². The predicted octanol–water partition coefficient (Wildman–Crippen LogP) is 3.26. The molecule has 2 atom stereocenters. The molecule has 1 aromatic rings. The summed E-state index contributed by atoms with van der Waals surface area (Å²) in [4.78, 5) is 2.64. The lowest BCUT2D eigenvalue weighted by Crippen LogP contribution is -2.40. The quantitative estimate of drug-likeness (QED) is 0.914. The van der Waals surface area contributed by atoms with E-state index in [4.69, 9.17) is 0 Å². The van der Waals surface area contributed by atoms with E-state index in [9.17, 15) is 0 Å². The highest BCUT2D eigenvalue weighted by Crippen LogP contribution is 2.23. The molecular formula is C19H30N2. The van der Waals surface area contributed by atoms with E-state index in [1.165, 1.54) is 58.2 Å². The highest BCUT2D eigenvalue weighted by molar-refractivity contribution is 5.28. The molecule has 2 unspecified atom stereocenters. The second-order valence-electron chi connectivity index (χ2n) is 7.03. The molecule has 0 radical (unpaired) electrons. The third-order valence-electron chi connectivity index (χ3n) is 5.31. The van der Waals surface area contributed by atoms with Crippen LogP contribution in [0.2, 0.25) is 0 Å². The number of nitrogens with zero attached hydrogens (tertiary/aromatic N) is 1. The molecule has 21 heavy (non-hydrogen) atoms. The van der Waals surface area contributed by atoms with Gasteiger partial charge in [-0.2, -0.15) is 0 Å². The van der Waals surface area contributed by atoms with E-state index >= 15 is 0 Å². The van der Waals surface area contributed by atoms with Crippen LogP contribution in [-0.2, 0) is 12.8 Å². The fraction of sp³-hybridized carbons (Fsp3) is 0.684. The van der Waals surface area contributed by atoms with Crippen molar-refractivity contribution in [3.05, 3.63) is 35.4 Å². The molecule has 0 aromatic heterocycles. The monoisotopic (exact) mass is 286 g/mol. The van der Waals surface area contributed by atoms with E-state index in [2.05, 4.69) is 41.4 Å². The van der Waals surface area contributed by atoms with Crippen LogP contribution >= 0.6 is 0 Å². The number of nitrogens with one attached hydrogen (secondary N) is 1. The van der Waals surface area contributed by atoms with Crippen molar-refractivity contribution in [3.63, 3.8) is 0 Å². The van der Waals surface area contributed by atoms with Crippen LogP contribution in [0, 0.1) is 5.92 Å². The summed E-state index contributed by atoms with van der Waals surface area (Å²) in [6.07, 6.45) is 8.05. The predicted molar refractivity (Wildman–Crippen MR) is 89.7 cm³/mol. The lowest BCUT2D eigenvalue weighted by atomic mass is 9.87. The third kappa shape index (κ3) is 4.31. The van der Waals surface area contributed by atoms with Crippen LogP contribution in [0.5, 0.6) is 0 Å². The van der Waals surface area contributed by atoms with Gasteiger partial charge in [0, 0.05) is 32.2 Å². The van der Waals surface area contributed by atoms with E-state index in [-0.39, 0.29) is 0 Å². The van der Waals surface area contributed by atoms with Gasteiger partial charge in [-0.1, -0.05) is 44.0 Å². The maximum absolute atomic E-state index is 3.80. The van der Waals surface area contributed by atoms with Crippen molar-refractivity contribution in [2.45, 2.75) is 51.5 Å². The summed E-state index contributed by atoms with van der Waals surface area (Å²) in [6.45, 7) is 7.21. The van der Waals surface area contributed by atoms with Gasteiger partial charge in [-0.25, -0.2) is 0 Å². The first-order chi connectivity index (χ1) is 10.3. The van der Waals surface area contributed by atoms with E-state index in [0.29, 0.717) is 0 Å². The Morgan fingerprint density at radius 1 is 1.10 bits per heavy atom. The zero-order valence-corrected chi connectivity index (χ0v) is 13.5. The van der Waals surface area contributed by atoms with Crippen molar-refractivity contribution in [1.29, 1.82) is 0 Å². The van der Waals surface area contributed by atoms with Crippen molar-refractivity contribution in [2.24, 2.45) is 5.92 Å². The fourth-order valence-corrected chi connectivity index (χ4v) is 3.98. The van der Waals surface area contributed by atoms with E-state index in [1.54, 1.807) is 11.1 Å². The molecule has 0 spiro atoms. The molecular weight excluding hydrogens is 256 g/mol. The summed E-state index contributed by atoms with van der Waals surface area (Å²) in [5.41, 5.74) is 3.13. The Morgan fingerprint density at radius 2 is 1.81 bits per heavy atom. The lowest BCUT2D eigenvalue weighted by molar-refractivity contribution is 0.258. The summed E-state index contributed by atoms with van der Waals surface area (Å²) in [5.74, 6) is 0.920. The normalized spacial score (nSPS) is 27.1. The van der Waals surface area contributed by atoms with Gasteiger partial charge in [-0.05, 0) is 42.7 Å². The van der Waals surface area contributed by atoms with Crippen LogP contribution in [0.4, 0.5) is 0 Å². The van der Waals surface area contributed by atoms with Crippen LogP contribution in [0.25, 0.3) is 0 Å². The molecule has 1 N–H and O–H groups in total. The van der Waals surface area contributed by atoms with Crippen molar-refractivity contribution in [2.75, 3.05) is 26.2 Å². The number of hydrogen-bond donors (Lipinski definition) is 1. The van der Waals surface area contributed by atoms with Gasteiger partial charge in [0.15, 0.2) is 0 Å². The highest BCUT2D eigenvalue weighted by Gasteiger charge is 2.18. The molecule has 2 nitrogen and oxygen atoms in total. The molecule has 116 valence electrons. The second kappa shape index (κ2) is 7.42. The number of hydrogen-bond acceptors (Lipinski definition) is 2. The molecule has 1 aliphatic heterocycles. The first kappa shape index (κ1) is 15.1. The Morgan fingerprint density at radius 3 is 2.48 bits per heavy atom. The summed E-state index contributed by atoms with van der Waals surface area (Å²) in [7, 11) is 0. The SMILES string of the molecule is CC1CCCC(NCCN2CCc3ccccc3CC2)C1. The zero-order valence-electron chi connectivity index (χ0n) is 13.5. The largest absolute Gasteiger partial charge is 0.313 e. The van der Waals surface area contributed by atoms with Crippen LogP contribution in [0.3, 0.4) is 0 Å². The van der Waals surface area contributed by atoms with Gasteiger partial charge in [0.1, 0.15) is 0 Å². The Labute approximate surface area is 129 Å². The van der Waals surface area contributed by atoms with Crippen molar-refractivity contribution in [3.8, 4) is 0 Å². The second-order valence-corrected chi connectivity index (χ2v) is 7.03. The highest BCUT2D eigenvalue weighted by atomic mass is 15.1. The van der Waals surface area contributed by atoms with Gasteiger partial charge in [0.25, 0.3) is 0 Å². The fourth-order valence-electron chi connectivity index (χ4n) is 3.98. The molecule has 1 aliphatic carbocycles. The number of benzene rings is 1. The van der Waals surface area contributed by atoms with Crippen LogP contribution in [0.1, 0.15) is 43.7 Å². The Balaban J connectivity index is 1.41. The molecule has 0 bridgehead atoms. The van der Waals surface area contributed by atoms with Gasteiger partial charge in [-0.15, -0.1) is 0 Å². The van der Waals surface area contributed by atoms with Gasteiger partial charge in [0.2, 0.25) is 0 Å². The van der Waals surface area contributed by atoms with Gasteiger partial charge < -0.3 is 10.2 Å². The molecule has 1 saturated carbocycles. The van der Waals surface area contributed by atoms with Crippen LogP contribution in [-0.4, -0.2) is 37.1 Å². The molecule has 1 heterocycles. The minimum Gasteiger partial charge on any atom is -0.313 e. The zero-order chi connectivity index (χ0) is 14.5. The molecule has 1 aromatic carbocycles. The van der Waals surface area contributed by atoms with Crippen LogP contribution < -0.4 is 5.32 Å². The number of fused-ring (bicyclic) bond motifs is 1. The Kier molecular flexibility index (Phi) is 5.32. The summed E-state index contributed by atoms with van der Waals surface area (Å²) in [5, 5.41) is 3.80. The Hall–Kier alpha value is -0.860. The van der Waals surface area contributed by atoms with E-state index in [0.717, 1.165) is 18.5 Å². The average Bonchev–Trinajstić information content (AvgIpc) is 2.70. The van der Waals surface area contributed by atoms with Gasteiger partial charge in [0.05, 0.1) is 0 Å². The maximum Gasteiger partial charge on any atom is 0.0107 e. The minimum atomic E-state index is 0.776. The Bertz CT molecular complexity index is 416. The molecule has 2 heteroatoms. The standard InChI is InChI=1S/C19H30N2/c1-16-5-4-8-19(15-16)20-11-14-21-12-9-17-6-2-3-7-18(17)10-13-21/h2-3,6-7,16,19-20H,4-5,8-15H2,1H3. The molecule has 1 fully saturated rings. The van der Waals surface area contributed by atoms with Crippen molar-refractivity contribution < 1.29 is 0 Å². The molecule has 3 rings (SSSR count). The average molecular weight is 286 g/mol. The summed E-state index contributed by atoms with van der Waals surface area (Å²) in [6, 6.07) is 9.75. The van der Waals surface area contributed by atoms with Gasteiger partial charge >= 0.3 is 0 Å². The molecule has 2 aliphatic rings. The lowest BCUT2D eigenvalue weighted by Gasteiger charge is -2.29. The summed E-state index contributed by atoms with van der Waals surface area (Å²) >= 11 is 0.